The van der Waals surface area contributed by atoms with Gasteiger partial charge in [0.25, 0.3) is 0 Å². The van der Waals surface area contributed by atoms with E-state index in [9.17, 15) is 0 Å². The van der Waals surface area contributed by atoms with Crippen LogP contribution < -0.4 is 0 Å². The summed E-state index contributed by atoms with van der Waals surface area (Å²) in [6.45, 7) is 26.5. The smallest absolute Gasteiger partial charge is 0.196 e. The van der Waals surface area contributed by atoms with Crippen molar-refractivity contribution in [2.45, 2.75) is 101 Å². The molecule has 0 N–H and O–H groups in total. The third-order valence-electron chi connectivity index (χ3n) is 2.55. The van der Waals surface area contributed by atoms with Crippen molar-refractivity contribution in [1.29, 1.82) is 0 Å². The molecule has 2 unspecified atom stereocenters. The van der Waals surface area contributed by atoms with E-state index >= 15 is 0 Å². The molecular formula is C21H48N2O2. The fourth-order valence-corrected chi connectivity index (χ4v) is 1.95. The lowest BCUT2D eigenvalue weighted by molar-refractivity contribution is -0.0602. The van der Waals surface area contributed by atoms with Crippen molar-refractivity contribution >= 4 is 0 Å². The number of aromatic nitrogens is 1. The zero-order valence-electron chi connectivity index (χ0n) is 19.5. The van der Waals surface area contributed by atoms with Gasteiger partial charge < -0.3 is 14.1 Å². The largest absolute Gasteiger partial charge is 0.449 e. The van der Waals surface area contributed by atoms with Gasteiger partial charge in [0, 0.05) is 19.0 Å². The molecule has 1 saturated heterocycles. The quantitative estimate of drug-likeness (QED) is 0.563. The summed E-state index contributed by atoms with van der Waals surface area (Å²) in [5, 5.41) is 0. The summed E-state index contributed by atoms with van der Waals surface area (Å²) >= 11 is 0. The van der Waals surface area contributed by atoms with Crippen LogP contribution in [0.5, 0.6) is 0 Å². The molecule has 4 heteroatoms. The zero-order chi connectivity index (χ0) is 20.8. The van der Waals surface area contributed by atoms with Crippen LogP contribution in [-0.4, -0.2) is 42.2 Å². The van der Waals surface area contributed by atoms with Gasteiger partial charge in [-0.2, -0.15) is 0 Å². The van der Waals surface area contributed by atoms with Crippen LogP contribution in [0.15, 0.2) is 16.9 Å². The molecule has 0 saturated carbocycles. The third kappa shape index (κ3) is 21.1. The molecule has 25 heavy (non-hydrogen) atoms. The molecule has 2 rings (SSSR count). The van der Waals surface area contributed by atoms with E-state index in [1.54, 1.807) is 12.5 Å². The zero-order valence-corrected chi connectivity index (χ0v) is 19.5. The Bertz CT molecular complexity index is 276. The van der Waals surface area contributed by atoms with Crippen LogP contribution in [0, 0.1) is 0 Å². The van der Waals surface area contributed by atoms with Crippen molar-refractivity contribution in [3.63, 3.8) is 0 Å². The Morgan fingerprint density at radius 3 is 1.52 bits per heavy atom. The molecule has 0 aliphatic carbocycles. The molecule has 1 aliphatic rings. The van der Waals surface area contributed by atoms with Gasteiger partial charge in [-0.3, -0.25) is 0 Å². The maximum atomic E-state index is 5.51. The molecule has 1 aromatic rings. The minimum Gasteiger partial charge on any atom is -0.449 e. The van der Waals surface area contributed by atoms with E-state index in [4.69, 9.17) is 9.15 Å². The molecular weight excluding hydrogens is 312 g/mol. The van der Waals surface area contributed by atoms with Crippen molar-refractivity contribution < 1.29 is 9.15 Å². The van der Waals surface area contributed by atoms with Crippen LogP contribution in [-0.2, 0) is 4.74 Å². The van der Waals surface area contributed by atoms with Gasteiger partial charge in [-0.15, -0.1) is 0 Å². The van der Waals surface area contributed by atoms with Crippen molar-refractivity contribution in [2.24, 2.45) is 0 Å². The Balaban J connectivity index is -0.000000127. The summed E-state index contributed by atoms with van der Waals surface area (Å²) in [4.78, 5) is 6.25. The van der Waals surface area contributed by atoms with E-state index in [1.165, 1.54) is 0 Å². The number of hydrogen-bond acceptors (Lipinski definition) is 4. The highest BCUT2D eigenvalue weighted by atomic mass is 16.5. The number of hydrogen-bond donors (Lipinski definition) is 0. The number of morpholine rings is 1. The predicted molar refractivity (Wildman–Crippen MR) is 113 cm³/mol. The van der Waals surface area contributed by atoms with Gasteiger partial charge in [0.2, 0.25) is 0 Å². The molecule has 154 valence electrons. The highest BCUT2D eigenvalue weighted by Crippen LogP contribution is 2.09. The lowest BCUT2D eigenvalue weighted by atomic mass is 10.2. The number of likely N-dealkylation sites (N-methyl/N-ethyl adjacent to an activating group) is 1. The second-order valence-electron chi connectivity index (χ2n) is 5.00. The summed E-state index contributed by atoms with van der Waals surface area (Å²) in [7, 11) is 2.13. The van der Waals surface area contributed by atoms with Gasteiger partial charge in [0.1, 0.15) is 6.26 Å². The second-order valence-corrected chi connectivity index (χ2v) is 5.00. The Hall–Kier alpha value is -0.870. The first kappa shape index (κ1) is 31.9. The van der Waals surface area contributed by atoms with E-state index in [2.05, 4.69) is 30.8 Å². The van der Waals surface area contributed by atoms with Crippen molar-refractivity contribution in [3.05, 3.63) is 18.4 Å². The Morgan fingerprint density at radius 1 is 0.920 bits per heavy atom. The summed E-state index contributed by atoms with van der Waals surface area (Å²) < 4.78 is 10.5. The van der Waals surface area contributed by atoms with Crippen LogP contribution in [0.1, 0.15) is 94.9 Å². The number of rotatable bonds is 1. The normalized spacial score (nSPS) is 18.3. The van der Waals surface area contributed by atoms with Crippen LogP contribution >= 0.6 is 0 Å². The highest BCUT2D eigenvalue weighted by molar-refractivity contribution is 4.85. The second kappa shape index (κ2) is 25.4. The lowest BCUT2D eigenvalue weighted by Crippen LogP contribution is -2.42. The number of nitrogens with zero attached hydrogens (tertiary/aromatic N) is 2. The molecule has 2 atom stereocenters. The molecule has 1 aromatic heterocycles. The Kier molecular flexibility index (Phi) is 32.3. The maximum Gasteiger partial charge on any atom is 0.196 e. The SMILES string of the molecule is CC.CC.CC.CC.CC(C)c1ncco1.CC1CN(C)CC(C)O1. The fourth-order valence-electron chi connectivity index (χ4n) is 1.95. The first-order valence-electron chi connectivity index (χ1n) is 10.2. The molecule has 0 amide bonds. The third-order valence-corrected chi connectivity index (χ3v) is 2.55. The van der Waals surface area contributed by atoms with E-state index in [1.807, 2.05) is 69.2 Å². The molecule has 0 spiro atoms. The summed E-state index contributed by atoms with van der Waals surface area (Å²) in [5.41, 5.74) is 0. The molecule has 1 aliphatic heterocycles. The minimum atomic E-state index is 0.407. The summed E-state index contributed by atoms with van der Waals surface area (Å²) in [6.07, 6.45) is 4.09. The van der Waals surface area contributed by atoms with Gasteiger partial charge in [0.05, 0.1) is 18.4 Å². The van der Waals surface area contributed by atoms with Gasteiger partial charge >= 0.3 is 0 Å². The van der Waals surface area contributed by atoms with Gasteiger partial charge in [0.15, 0.2) is 5.89 Å². The van der Waals surface area contributed by atoms with Crippen LogP contribution in [0.4, 0.5) is 0 Å². The van der Waals surface area contributed by atoms with Gasteiger partial charge in [-0.1, -0.05) is 69.2 Å². The van der Waals surface area contributed by atoms with Crippen molar-refractivity contribution in [3.8, 4) is 0 Å². The fraction of sp³-hybridized carbons (Fsp3) is 0.857. The van der Waals surface area contributed by atoms with E-state index in [0.717, 1.165) is 19.0 Å². The molecule has 0 radical (unpaired) electrons. The van der Waals surface area contributed by atoms with Crippen LogP contribution in [0.2, 0.25) is 0 Å². The molecule has 2 heterocycles. The highest BCUT2D eigenvalue weighted by Gasteiger charge is 2.18. The molecule has 4 nitrogen and oxygen atoms in total. The number of ether oxygens (including phenoxy) is 1. The van der Waals surface area contributed by atoms with Gasteiger partial charge in [-0.05, 0) is 20.9 Å². The van der Waals surface area contributed by atoms with Crippen LogP contribution in [0.3, 0.4) is 0 Å². The average Bonchev–Trinajstić information content (AvgIpc) is 3.16. The average molecular weight is 361 g/mol. The maximum absolute atomic E-state index is 5.51. The van der Waals surface area contributed by atoms with E-state index < -0.39 is 0 Å². The Morgan fingerprint density at radius 2 is 1.32 bits per heavy atom. The monoisotopic (exact) mass is 360 g/mol. The standard InChI is InChI=1S/C7H15NO.C6H9NO.4C2H6/c1-6-4-8(3)5-7(2)9-6;1-5(2)6-7-3-4-8-6;4*1-2/h6-7H,4-5H2,1-3H3;3-5H,1-2H3;4*1-2H3. The van der Waals surface area contributed by atoms with Crippen molar-refractivity contribution in [2.75, 3.05) is 20.1 Å². The number of oxazole rings is 1. The molecule has 0 aromatic carbocycles. The Labute approximate surface area is 159 Å². The lowest BCUT2D eigenvalue weighted by Gasteiger charge is -2.32. The minimum absolute atomic E-state index is 0.407. The van der Waals surface area contributed by atoms with E-state index in [-0.39, 0.29) is 0 Å². The molecule has 1 fully saturated rings. The summed E-state index contributed by atoms with van der Waals surface area (Å²) in [5.74, 6) is 1.22. The van der Waals surface area contributed by atoms with Gasteiger partial charge in [-0.25, -0.2) is 4.98 Å². The first-order chi connectivity index (χ1) is 12.0. The first-order valence-corrected chi connectivity index (χ1v) is 10.2. The predicted octanol–water partition coefficient (Wildman–Crippen LogP) is 6.63. The summed E-state index contributed by atoms with van der Waals surface area (Å²) in [6, 6.07) is 0. The topological polar surface area (TPSA) is 38.5 Å². The van der Waals surface area contributed by atoms with Crippen LogP contribution in [0.25, 0.3) is 0 Å². The van der Waals surface area contributed by atoms with E-state index in [0.29, 0.717) is 18.1 Å². The molecule has 0 bridgehead atoms. The van der Waals surface area contributed by atoms with Crippen molar-refractivity contribution in [1.82, 2.24) is 9.88 Å².